The minimum absolute atomic E-state index is 0.421. The minimum atomic E-state index is 0.421. The molecule has 0 radical (unpaired) electrons. The predicted octanol–water partition coefficient (Wildman–Crippen LogP) is 1.53. The van der Waals surface area contributed by atoms with Crippen molar-refractivity contribution in [3.8, 4) is 0 Å². The number of hydrogen-bond donors (Lipinski definition) is 2. The lowest BCUT2D eigenvalue weighted by Gasteiger charge is -2.30. The lowest BCUT2D eigenvalue weighted by atomic mass is 10.1. The number of rotatable bonds is 3. The number of nitrogens with two attached hydrogens (primary N) is 1. The molecule has 1 unspecified atom stereocenters. The Hall–Kier alpha value is -1.20. The van der Waals surface area contributed by atoms with Crippen LogP contribution in [-0.4, -0.2) is 41.1 Å². The van der Waals surface area contributed by atoms with E-state index in [1.807, 2.05) is 19.1 Å². The highest BCUT2D eigenvalue weighted by Gasteiger charge is 2.17. The maximum atomic E-state index is 5.67. The molecule has 4 nitrogen and oxygen atoms in total. The number of pyridine rings is 1. The van der Waals surface area contributed by atoms with Crippen LogP contribution in [0.3, 0.4) is 0 Å². The first-order chi connectivity index (χ1) is 8.54. The number of likely N-dealkylation sites (N-methyl/N-ethyl adjacent to an activating group) is 1. The summed E-state index contributed by atoms with van der Waals surface area (Å²) in [6.07, 6.45) is 2.41. The molecule has 5 heteroatoms. The lowest BCUT2D eigenvalue weighted by molar-refractivity contribution is 0.261. The van der Waals surface area contributed by atoms with Crippen LogP contribution in [0.15, 0.2) is 12.1 Å². The third kappa shape index (κ3) is 3.40. The van der Waals surface area contributed by atoms with Crippen LogP contribution in [0, 0.1) is 6.92 Å². The summed E-state index contributed by atoms with van der Waals surface area (Å²) >= 11 is 5.02. The lowest BCUT2D eigenvalue weighted by Crippen LogP contribution is -2.40. The van der Waals surface area contributed by atoms with Gasteiger partial charge in [0.1, 0.15) is 10.8 Å². The summed E-state index contributed by atoms with van der Waals surface area (Å²) in [5.74, 6) is 0.873. The zero-order chi connectivity index (χ0) is 13.1. The second kappa shape index (κ2) is 5.63. The van der Waals surface area contributed by atoms with Gasteiger partial charge in [-0.2, -0.15) is 0 Å². The average molecular weight is 264 g/mol. The van der Waals surface area contributed by atoms with Crippen molar-refractivity contribution in [3.63, 3.8) is 0 Å². The first-order valence-electron chi connectivity index (χ1n) is 6.28. The zero-order valence-corrected chi connectivity index (χ0v) is 11.8. The van der Waals surface area contributed by atoms with Gasteiger partial charge < -0.3 is 16.0 Å². The number of aryl methyl sites for hydroxylation is 1. The van der Waals surface area contributed by atoms with Crippen molar-refractivity contribution in [2.24, 2.45) is 5.73 Å². The van der Waals surface area contributed by atoms with Crippen molar-refractivity contribution < 1.29 is 0 Å². The van der Waals surface area contributed by atoms with E-state index in [4.69, 9.17) is 18.0 Å². The second-order valence-corrected chi connectivity index (χ2v) is 5.43. The van der Waals surface area contributed by atoms with E-state index in [0.29, 0.717) is 11.0 Å². The summed E-state index contributed by atoms with van der Waals surface area (Å²) < 4.78 is 0. The number of hydrogen-bond acceptors (Lipinski definition) is 4. The van der Waals surface area contributed by atoms with Crippen molar-refractivity contribution in [1.82, 2.24) is 9.88 Å². The quantitative estimate of drug-likeness (QED) is 0.811. The molecule has 3 N–H and O–H groups in total. The van der Waals surface area contributed by atoms with Gasteiger partial charge in [0, 0.05) is 23.8 Å². The van der Waals surface area contributed by atoms with Crippen molar-refractivity contribution in [2.45, 2.75) is 25.8 Å². The van der Waals surface area contributed by atoms with Crippen LogP contribution in [0.1, 0.15) is 24.1 Å². The normalized spacial score (nSPS) is 20.7. The van der Waals surface area contributed by atoms with Gasteiger partial charge in [-0.3, -0.25) is 0 Å². The second-order valence-electron chi connectivity index (χ2n) is 4.99. The summed E-state index contributed by atoms with van der Waals surface area (Å²) in [4.78, 5) is 7.25. The van der Waals surface area contributed by atoms with Crippen LogP contribution in [-0.2, 0) is 0 Å². The molecule has 18 heavy (non-hydrogen) atoms. The van der Waals surface area contributed by atoms with E-state index in [1.165, 1.54) is 19.4 Å². The maximum absolute atomic E-state index is 5.67. The molecule has 98 valence electrons. The van der Waals surface area contributed by atoms with Gasteiger partial charge in [-0.1, -0.05) is 12.2 Å². The molecular formula is C13H20N4S. The fraction of sp³-hybridized carbons (Fsp3) is 0.538. The molecule has 1 saturated heterocycles. The molecule has 0 saturated carbocycles. The highest BCUT2D eigenvalue weighted by atomic mass is 32.1. The Bertz CT molecular complexity index is 447. The third-order valence-corrected chi connectivity index (χ3v) is 3.45. The van der Waals surface area contributed by atoms with Gasteiger partial charge in [0.15, 0.2) is 0 Å². The highest BCUT2D eigenvalue weighted by Crippen LogP contribution is 2.16. The van der Waals surface area contributed by atoms with E-state index < -0.39 is 0 Å². The van der Waals surface area contributed by atoms with E-state index in [1.54, 1.807) is 0 Å². The predicted molar refractivity (Wildman–Crippen MR) is 79.0 cm³/mol. The Labute approximate surface area is 114 Å². The average Bonchev–Trinajstić information content (AvgIpc) is 2.28. The summed E-state index contributed by atoms with van der Waals surface area (Å²) in [7, 11) is 2.15. The Morgan fingerprint density at radius 2 is 2.33 bits per heavy atom. The zero-order valence-electron chi connectivity index (χ0n) is 10.9. The van der Waals surface area contributed by atoms with Gasteiger partial charge in [0.2, 0.25) is 0 Å². The topological polar surface area (TPSA) is 54.2 Å². The molecule has 0 spiro atoms. The molecule has 1 aliphatic rings. The summed E-state index contributed by atoms with van der Waals surface area (Å²) in [5.41, 5.74) is 7.49. The van der Waals surface area contributed by atoms with E-state index >= 15 is 0 Å². The third-order valence-electron chi connectivity index (χ3n) is 3.21. The van der Waals surface area contributed by atoms with Gasteiger partial charge in [0.25, 0.3) is 0 Å². The molecule has 0 aromatic carbocycles. The SMILES string of the molecule is Cc1cc(C(N)=S)cc(NC2CCCN(C)C2)n1. The Kier molecular flexibility index (Phi) is 4.14. The maximum Gasteiger partial charge on any atom is 0.127 e. The number of aromatic nitrogens is 1. The number of thiocarbonyl (C=S) groups is 1. The van der Waals surface area contributed by atoms with Crippen LogP contribution in [0.25, 0.3) is 0 Å². The molecule has 0 aliphatic carbocycles. The standard InChI is InChI=1S/C13H20N4S/c1-9-6-10(13(14)18)7-12(15-9)16-11-4-3-5-17(2)8-11/h6-7,11H,3-5,8H2,1-2H3,(H2,14,18)(H,15,16). The van der Waals surface area contributed by atoms with Crippen molar-refractivity contribution in [1.29, 1.82) is 0 Å². The molecule has 1 aromatic heterocycles. The molecule has 0 bridgehead atoms. The smallest absolute Gasteiger partial charge is 0.127 e. The van der Waals surface area contributed by atoms with Gasteiger partial charge in [-0.05, 0) is 45.5 Å². The number of likely N-dealkylation sites (tertiary alicyclic amines) is 1. The van der Waals surface area contributed by atoms with Gasteiger partial charge in [-0.25, -0.2) is 4.98 Å². The number of piperidine rings is 1. The van der Waals surface area contributed by atoms with Crippen LogP contribution in [0.2, 0.25) is 0 Å². The summed E-state index contributed by atoms with van der Waals surface area (Å²) in [5, 5.41) is 3.48. The van der Waals surface area contributed by atoms with Crippen LogP contribution < -0.4 is 11.1 Å². The Balaban J connectivity index is 2.10. The number of nitrogens with one attached hydrogen (secondary N) is 1. The largest absolute Gasteiger partial charge is 0.389 e. The fourth-order valence-corrected chi connectivity index (χ4v) is 2.50. The first-order valence-corrected chi connectivity index (χ1v) is 6.69. The van der Waals surface area contributed by atoms with E-state index in [-0.39, 0.29) is 0 Å². The molecule has 1 aromatic rings. The number of anilines is 1. The molecule has 1 atom stereocenters. The molecule has 1 aliphatic heterocycles. The van der Waals surface area contributed by atoms with Crippen molar-refractivity contribution >= 4 is 23.0 Å². The van der Waals surface area contributed by atoms with Gasteiger partial charge in [0.05, 0.1) is 0 Å². The molecule has 2 rings (SSSR count). The van der Waals surface area contributed by atoms with Gasteiger partial charge in [-0.15, -0.1) is 0 Å². The molecule has 1 fully saturated rings. The Morgan fingerprint density at radius 1 is 1.56 bits per heavy atom. The van der Waals surface area contributed by atoms with Crippen molar-refractivity contribution in [2.75, 3.05) is 25.5 Å². The first kappa shape index (κ1) is 13.2. The molecule has 2 heterocycles. The monoisotopic (exact) mass is 264 g/mol. The minimum Gasteiger partial charge on any atom is -0.389 e. The number of nitrogens with zero attached hydrogens (tertiary/aromatic N) is 2. The highest BCUT2D eigenvalue weighted by molar-refractivity contribution is 7.80. The van der Waals surface area contributed by atoms with E-state index in [2.05, 4.69) is 22.2 Å². The van der Waals surface area contributed by atoms with Gasteiger partial charge >= 0.3 is 0 Å². The van der Waals surface area contributed by atoms with E-state index in [0.717, 1.165) is 23.6 Å². The molecular weight excluding hydrogens is 244 g/mol. The fourth-order valence-electron chi connectivity index (χ4n) is 2.38. The van der Waals surface area contributed by atoms with E-state index in [9.17, 15) is 0 Å². The molecule has 0 amide bonds. The van der Waals surface area contributed by atoms with Crippen LogP contribution >= 0.6 is 12.2 Å². The summed E-state index contributed by atoms with van der Waals surface area (Å²) in [6.45, 7) is 4.19. The van der Waals surface area contributed by atoms with Crippen molar-refractivity contribution in [3.05, 3.63) is 23.4 Å². The van der Waals surface area contributed by atoms with Crippen LogP contribution in [0.5, 0.6) is 0 Å². The van der Waals surface area contributed by atoms with Crippen LogP contribution in [0.4, 0.5) is 5.82 Å². The summed E-state index contributed by atoms with van der Waals surface area (Å²) in [6, 6.07) is 4.31. The Morgan fingerprint density at radius 3 is 3.00 bits per heavy atom.